The molecule has 16 heavy (non-hydrogen) atoms. The van der Waals surface area contributed by atoms with Crippen molar-refractivity contribution in [3.63, 3.8) is 0 Å². The lowest BCUT2D eigenvalue weighted by molar-refractivity contribution is 0.599. The Kier molecular flexibility index (Phi) is 7.34. The maximum absolute atomic E-state index is 4.00. The molecule has 92 valence electrons. The first-order valence-electron chi connectivity index (χ1n) is 6.03. The maximum Gasteiger partial charge on any atom is 0.0535 e. The second-order valence-electron chi connectivity index (χ2n) is 4.10. The van der Waals surface area contributed by atoms with Gasteiger partial charge in [-0.1, -0.05) is 12.8 Å². The van der Waals surface area contributed by atoms with Crippen molar-refractivity contribution in [3.05, 3.63) is 17.5 Å². The number of H-pyrrole nitrogens is 1. The maximum atomic E-state index is 4.00. The van der Waals surface area contributed by atoms with E-state index in [1.807, 2.05) is 18.0 Å². The molecule has 0 unspecified atom stereocenters. The molecule has 0 bridgehead atoms. The fourth-order valence-corrected chi connectivity index (χ4v) is 2.12. The molecule has 0 spiro atoms. The molecule has 0 fully saturated rings. The normalized spacial score (nSPS) is 10.9. The van der Waals surface area contributed by atoms with Crippen molar-refractivity contribution in [1.29, 1.82) is 0 Å². The topological polar surface area (TPSA) is 40.7 Å². The molecule has 1 rings (SSSR count). The summed E-state index contributed by atoms with van der Waals surface area (Å²) in [7, 11) is 0. The lowest BCUT2D eigenvalue weighted by Gasteiger charge is -2.03. The van der Waals surface area contributed by atoms with Gasteiger partial charge in [-0.15, -0.1) is 0 Å². The molecular formula is C12H23N3S. The minimum absolute atomic E-state index is 0.938. The van der Waals surface area contributed by atoms with Crippen LogP contribution in [-0.4, -0.2) is 28.8 Å². The molecule has 0 aliphatic heterocycles. The Morgan fingerprint density at radius 1 is 1.31 bits per heavy atom. The van der Waals surface area contributed by atoms with Crippen LogP contribution in [0.5, 0.6) is 0 Å². The third-order valence-corrected chi connectivity index (χ3v) is 3.40. The Hall–Kier alpha value is -0.480. The van der Waals surface area contributed by atoms with Crippen LogP contribution in [0.15, 0.2) is 6.20 Å². The average Bonchev–Trinajstić information content (AvgIpc) is 2.68. The SMILES string of the molecule is CSCCCCCCNCc1cn[nH]c1C. The zero-order chi connectivity index (χ0) is 11.6. The summed E-state index contributed by atoms with van der Waals surface area (Å²) in [6, 6.07) is 0. The first-order valence-corrected chi connectivity index (χ1v) is 7.42. The van der Waals surface area contributed by atoms with Gasteiger partial charge in [-0.2, -0.15) is 16.9 Å². The van der Waals surface area contributed by atoms with Crippen molar-refractivity contribution < 1.29 is 0 Å². The third kappa shape index (κ3) is 5.56. The lowest BCUT2D eigenvalue weighted by atomic mass is 10.2. The molecule has 0 saturated heterocycles. The summed E-state index contributed by atoms with van der Waals surface area (Å²) in [6.45, 7) is 4.11. The number of aryl methyl sites for hydroxylation is 1. The number of thioether (sulfide) groups is 1. The number of nitrogens with one attached hydrogen (secondary N) is 2. The van der Waals surface area contributed by atoms with Crippen LogP contribution in [0.3, 0.4) is 0 Å². The summed E-state index contributed by atoms with van der Waals surface area (Å²) in [5.74, 6) is 1.31. The van der Waals surface area contributed by atoms with Gasteiger partial charge in [0.1, 0.15) is 0 Å². The average molecular weight is 241 g/mol. The number of unbranched alkanes of at least 4 members (excludes halogenated alkanes) is 3. The molecule has 4 heteroatoms. The Labute approximate surface area is 103 Å². The molecule has 2 N–H and O–H groups in total. The summed E-state index contributed by atoms with van der Waals surface area (Å²) >= 11 is 1.94. The predicted molar refractivity (Wildman–Crippen MR) is 71.9 cm³/mol. The first-order chi connectivity index (χ1) is 7.84. The molecule has 0 saturated carbocycles. The fraction of sp³-hybridized carbons (Fsp3) is 0.750. The molecule has 0 radical (unpaired) electrons. The molecule has 1 heterocycles. The summed E-state index contributed by atoms with van der Waals surface area (Å²) in [5, 5.41) is 10.4. The van der Waals surface area contributed by atoms with E-state index in [1.165, 1.54) is 42.7 Å². The van der Waals surface area contributed by atoms with Crippen molar-refractivity contribution >= 4 is 11.8 Å². The highest BCUT2D eigenvalue weighted by Gasteiger charge is 1.98. The second-order valence-corrected chi connectivity index (χ2v) is 5.09. The molecular weight excluding hydrogens is 218 g/mol. The van der Waals surface area contributed by atoms with Gasteiger partial charge in [0.25, 0.3) is 0 Å². The van der Waals surface area contributed by atoms with Crippen LogP contribution in [0.25, 0.3) is 0 Å². The van der Waals surface area contributed by atoms with Crippen molar-refractivity contribution in [2.45, 2.75) is 39.2 Å². The van der Waals surface area contributed by atoms with Crippen LogP contribution in [0.2, 0.25) is 0 Å². The largest absolute Gasteiger partial charge is 0.313 e. The van der Waals surface area contributed by atoms with Gasteiger partial charge >= 0.3 is 0 Å². The van der Waals surface area contributed by atoms with Crippen molar-refractivity contribution in [3.8, 4) is 0 Å². The highest BCUT2D eigenvalue weighted by atomic mass is 32.2. The van der Waals surface area contributed by atoms with E-state index in [1.54, 1.807) is 0 Å². The van der Waals surface area contributed by atoms with E-state index in [4.69, 9.17) is 0 Å². The van der Waals surface area contributed by atoms with Gasteiger partial charge < -0.3 is 5.32 Å². The number of hydrogen-bond donors (Lipinski definition) is 2. The predicted octanol–water partition coefficient (Wildman–Crippen LogP) is 2.73. The molecule has 0 aromatic carbocycles. The van der Waals surface area contributed by atoms with Gasteiger partial charge in [0, 0.05) is 17.8 Å². The minimum Gasteiger partial charge on any atom is -0.313 e. The van der Waals surface area contributed by atoms with E-state index < -0.39 is 0 Å². The highest BCUT2D eigenvalue weighted by Crippen LogP contribution is 2.04. The van der Waals surface area contributed by atoms with Crippen LogP contribution in [0.4, 0.5) is 0 Å². The zero-order valence-electron chi connectivity index (χ0n) is 10.4. The van der Waals surface area contributed by atoms with Crippen LogP contribution < -0.4 is 5.32 Å². The van der Waals surface area contributed by atoms with Crippen molar-refractivity contribution in [2.24, 2.45) is 0 Å². The lowest BCUT2D eigenvalue weighted by Crippen LogP contribution is -2.14. The van der Waals surface area contributed by atoms with E-state index in [2.05, 4.69) is 28.7 Å². The quantitative estimate of drug-likeness (QED) is 0.653. The summed E-state index contributed by atoms with van der Waals surface area (Å²) < 4.78 is 0. The number of rotatable bonds is 9. The Morgan fingerprint density at radius 2 is 2.12 bits per heavy atom. The molecule has 0 aliphatic rings. The monoisotopic (exact) mass is 241 g/mol. The van der Waals surface area contributed by atoms with E-state index in [0.717, 1.165) is 13.1 Å². The minimum atomic E-state index is 0.938. The molecule has 0 aliphatic carbocycles. The van der Waals surface area contributed by atoms with Gasteiger partial charge in [-0.25, -0.2) is 0 Å². The van der Waals surface area contributed by atoms with Gasteiger partial charge in [0.2, 0.25) is 0 Å². The number of aromatic nitrogens is 2. The van der Waals surface area contributed by atoms with E-state index >= 15 is 0 Å². The molecule has 1 aromatic rings. The number of nitrogens with zero attached hydrogens (tertiary/aromatic N) is 1. The van der Waals surface area contributed by atoms with Gasteiger partial charge in [0.15, 0.2) is 0 Å². The van der Waals surface area contributed by atoms with Crippen LogP contribution in [0, 0.1) is 6.92 Å². The van der Waals surface area contributed by atoms with Gasteiger partial charge in [-0.05, 0) is 38.3 Å². The first kappa shape index (κ1) is 13.6. The molecule has 1 aromatic heterocycles. The number of aromatic amines is 1. The third-order valence-electron chi connectivity index (χ3n) is 2.70. The van der Waals surface area contributed by atoms with Crippen LogP contribution in [-0.2, 0) is 6.54 Å². The van der Waals surface area contributed by atoms with Gasteiger partial charge in [-0.3, -0.25) is 5.10 Å². The summed E-state index contributed by atoms with van der Waals surface area (Å²) in [6.07, 6.45) is 9.44. The number of hydrogen-bond acceptors (Lipinski definition) is 3. The standard InChI is InChI=1S/C12H23N3S/c1-11-12(10-14-15-11)9-13-7-5-3-4-6-8-16-2/h10,13H,3-9H2,1-2H3,(H,14,15). The highest BCUT2D eigenvalue weighted by molar-refractivity contribution is 7.98. The summed E-state index contributed by atoms with van der Waals surface area (Å²) in [4.78, 5) is 0. The van der Waals surface area contributed by atoms with E-state index in [9.17, 15) is 0 Å². The van der Waals surface area contributed by atoms with Gasteiger partial charge in [0.05, 0.1) is 6.20 Å². The smallest absolute Gasteiger partial charge is 0.0535 e. The van der Waals surface area contributed by atoms with Crippen molar-refractivity contribution in [2.75, 3.05) is 18.6 Å². The Morgan fingerprint density at radius 3 is 2.81 bits per heavy atom. The Bertz CT molecular complexity index is 273. The van der Waals surface area contributed by atoms with E-state index in [-0.39, 0.29) is 0 Å². The zero-order valence-corrected chi connectivity index (χ0v) is 11.2. The van der Waals surface area contributed by atoms with Crippen molar-refractivity contribution in [1.82, 2.24) is 15.5 Å². The van der Waals surface area contributed by atoms with Crippen LogP contribution >= 0.6 is 11.8 Å². The van der Waals surface area contributed by atoms with Crippen LogP contribution in [0.1, 0.15) is 36.9 Å². The second kappa shape index (κ2) is 8.65. The molecule has 3 nitrogen and oxygen atoms in total. The fourth-order valence-electron chi connectivity index (χ4n) is 1.63. The Balaban J connectivity index is 1.91. The molecule has 0 amide bonds. The molecule has 0 atom stereocenters. The van der Waals surface area contributed by atoms with E-state index in [0.29, 0.717) is 0 Å². The summed E-state index contributed by atoms with van der Waals surface area (Å²) in [5.41, 5.74) is 2.45.